The number of piperazine rings is 1. The molecule has 78 valence electrons. The van der Waals surface area contributed by atoms with Gasteiger partial charge in [0.1, 0.15) is 5.82 Å². The first kappa shape index (κ1) is 11.0. The predicted octanol–water partition coefficient (Wildman–Crippen LogP) is -0.222. The van der Waals surface area contributed by atoms with E-state index in [1.165, 1.54) is 0 Å². The van der Waals surface area contributed by atoms with Crippen LogP contribution in [0, 0.1) is 0 Å². The Bertz CT molecular complexity index is 325. The van der Waals surface area contributed by atoms with Gasteiger partial charge in [-0.1, -0.05) is 0 Å². The average Bonchev–Trinajstić information content (AvgIpc) is 2.52. The minimum atomic E-state index is 0. The molecule has 1 fully saturated rings. The highest BCUT2D eigenvalue weighted by Gasteiger charge is 2.20. The van der Waals surface area contributed by atoms with E-state index in [4.69, 9.17) is 0 Å². The van der Waals surface area contributed by atoms with E-state index in [-0.39, 0.29) is 18.3 Å². The number of carbonyl (C=O) groups excluding carboxylic acids is 1. The first-order valence-corrected chi connectivity index (χ1v) is 4.26. The zero-order chi connectivity index (χ0) is 9.26. The summed E-state index contributed by atoms with van der Waals surface area (Å²) in [6.07, 6.45) is 3.41. The van der Waals surface area contributed by atoms with Gasteiger partial charge in [0.25, 0.3) is 0 Å². The van der Waals surface area contributed by atoms with Crippen LogP contribution in [-0.4, -0.2) is 35.1 Å². The Morgan fingerprint density at radius 1 is 1.57 bits per heavy atom. The number of hydrogen-bond donors (Lipinski definition) is 1. The molecule has 1 aliphatic rings. The van der Waals surface area contributed by atoms with Crippen molar-refractivity contribution < 1.29 is 4.79 Å². The van der Waals surface area contributed by atoms with Gasteiger partial charge in [-0.05, 0) is 0 Å². The van der Waals surface area contributed by atoms with Crippen molar-refractivity contribution in [3.8, 4) is 0 Å². The van der Waals surface area contributed by atoms with Crippen molar-refractivity contribution in [2.24, 2.45) is 7.05 Å². The summed E-state index contributed by atoms with van der Waals surface area (Å²) in [6.45, 7) is 1.99. The van der Waals surface area contributed by atoms with E-state index in [1.807, 2.05) is 11.6 Å². The van der Waals surface area contributed by atoms with Crippen LogP contribution in [0.3, 0.4) is 0 Å². The summed E-state index contributed by atoms with van der Waals surface area (Å²) >= 11 is 0. The molecular formula is C8H13ClN4O. The normalized spacial score (nSPS) is 16.6. The molecule has 0 aromatic carbocycles. The van der Waals surface area contributed by atoms with Gasteiger partial charge in [0.05, 0.1) is 19.1 Å². The largest absolute Gasteiger partial charge is 0.320 e. The van der Waals surface area contributed by atoms with E-state index >= 15 is 0 Å². The summed E-state index contributed by atoms with van der Waals surface area (Å²) in [5.74, 6) is 0.973. The van der Waals surface area contributed by atoms with Gasteiger partial charge in [0.15, 0.2) is 0 Å². The Labute approximate surface area is 88.5 Å². The highest BCUT2D eigenvalue weighted by Crippen LogP contribution is 2.12. The van der Waals surface area contributed by atoms with Crippen LogP contribution in [0.15, 0.2) is 12.5 Å². The number of rotatable bonds is 1. The van der Waals surface area contributed by atoms with E-state index in [2.05, 4.69) is 10.3 Å². The summed E-state index contributed by atoms with van der Waals surface area (Å²) in [5, 5.41) is 3.03. The van der Waals surface area contributed by atoms with E-state index in [1.54, 1.807) is 17.4 Å². The zero-order valence-corrected chi connectivity index (χ0v) is 8.75. The number of amides is 1. The Kier molecular flexibility index (Phi) is 3.49. The van der Waals surface area contributed by atoms with Gasteiger partial charge < -0.3 is 9.88 Å². The smallest absolute Gasteiger partial charge is 0.242 e. The summed E-state index contributed by atoms with van der Waals surface area (Å²) in [5.41, 5.74) is 0. The molecule has 0 aliphatic carbocycles. The van der Waals surface area contributed by atoms with Crippen LogP contribution >= 0.6 is 12.4 Å². The van der Waals surface area contributed by atoms with Gasteiger partial charge in [0.2, 0.25) is 5.91 Å². The molecule has 0 spiro atoms. The third-order valence-electron chi connectivity index (χ3n) is 2.16. The van der Waals surface area contributed by atoms with Gasteiger partial charge in [0, 0.05) is 20.1 Å². The second-order valence-electron chi connectivity index (χ2n) is 3.08. The van der Waals surface area contributed by atoms with Crippen LogP contribution < -0.4 is 10.2 Å². The Hall–Kier alpha value is -1.07. The number of hydrogen-bond acceptors (Lipinski definition) is 3. The molecule has 0 saturated carbocycles. The second kappa shape index (κ2) is 4.43. The molecule has 0 radical (unpaired) electrons. The fourth-order valence-electron chi connectivity index (χ4n) is 1.46. The summed E-state index contributed by atoms with van der Waals surface area (Å²) in [6, 6.07) is 0. The molecule has 1 amide bonds. The third-order valence-corrected chi connectivity index (χ3v) is 2.16. The number of aromatic nitrogens is 2. The molecule has 1 saturated heterocycles. The number of nitrogens with zero attached hydrogens (tertiary/aromatic N) is 3. The minimum absolute atomic E-state index is 0. The molecular weight excluding hydrogens is 204 g/mol. The molecule has 2 rings (SSSR count). The Balaban J connectivity index is 0.000000980. The Morgan fingerprint density at radius 2 is 2.36 bits per heavy atom. The average molecular weight is 217 g/mol. The molecule has 1 aromatic rings. The number of anilines is 1. The number of nitrogens with one attached hydrogen (secondary N) is 1. The van der Waals surface area contributed by atoms with Crippen molar-refractivity contribution in [3.05, 3.63) is 12.5 Å². The molecule has 14 heavy (non-hydrogen) atoms. The van der Waals surface area contributed by atoms with Crippen molar-refractivity contribution in [2.45, 2.75) is 0 Å². The molecule has 1 aromatic heterocycles. The topological polar surface area (TPSA) is 50.2 Å². The lowest BCUT2D eigenvalue weighted by Crippen LogP contribution is -2.48. The molecule has 6 heteroatoms. The highest BCUT2D eigenvalue weighted by molar-refractivity contribution is 5.94. The van der Waals surface area contributed by atoms with Crippen LogP contribution in [0.4, 0.5) is 5.82 Å². The van der Waals surface area contributed by atoms with E-state index < -0.39 is 0 Å². The summed E-state index contributed by atoms with van der Waals surface area (Å²) in [7, 11) is 1.89. The van der Waals surface area contributed by atoms with Crippen molar-refractivity contribution in [1.82, 2.24) is 14.9 Å². The quantitative estimate of drug-likeness (QED) is 0.706. The summed E-state index contributed by atoms with van der Waals surface area (Å²) in [4.78, 5) is 17.2. The first-order valence-electron chi connectivity index (χ1n) is 4.26. The lowest BCUT2D eigenvalue weighted by atomic mass is 10.3. The number of aryl methyl sites for hydroxylation is 1. The molecule has 0 bridgehead atoms. The maximum Gasteiger partial charge on any atom is 0.242 e. The lowest BCUT2D eigenvalue weighted by molar-refractivity contribution is -0.118. The van der Waals surface area contributed by atoms with Gasteiger partial charge >= 0.3 is 0 Å². The maximum atomic E-state index is 11.5. The molecule has 0 unspecified atom stereocenters. The molecule has 2 heterocycles. The van der Waals surface area contributed by atoms with Crippen LogP contribution in [0.5, 0.6) is 0 Å². The van der Waals surface area contributed by atoms with E-state index in [0.29, 0.717) is 6.54 Å². The Morgan fingerprint density at radius 3 is 2.93 bits per heavy atom. The lowest BCUT2D eigenvalue weighted by Gasteiger charge is -2.26. The van der Waals surface area contributed by atoms with Gasteiger partial charge in [-0.25, -0.2) is 4.98 Å². The third kappa shape index (κ3) is 1.88. The van der Waals surface area contributed by atoms with Crippen LogP contribution in [-0.2, 0) is 11.8 Å². The van der Waals surface area contributed by atoms with Gasteiger partial charge in [-0.15, -0.1) is 12.4 Å². The highest BCUT2D eigenvalue weighted by atomic mass is 35.5. The van der Waals surface area contributed by atoms with Crippen LogP contribution in [0.1, 0.15) is 0 Å². The molecule has 5 nitrogen and oxygen atoms in total. The van der Waals surface area contributed by atoms with E-state index in [0.717, 1.165) is 18.9 Å². The predicted molar refractivity (Wildman–Crippen MR) is 55.7 cm³/mol. The standard InChI is InChI=1S/C8H12N4O.ClH/c1-11-6-10-4-7(11)12-3-2-9-5-8(12)13;/h4,6,9H,2-3,5H2,1H3;1H. The number of carbonyl (C=O) groups is 1. The summed E-state index contributed by atoms with van der Waals surface area (Å²) < 4.78 is 1.85. The van der Waals surface area contributed by atoms with Crippen molar-refractivity contribution in [2.75, 3.05) is 24.5 Å². The van der Waals surface area contributed by atoms with Crippen molar-refractivity contribution >= 4 is 24.1 Å². The van der Waals surface area contributed by atoms with Crippen molar-refractivity contribution in [3.63, 3.8) is 0 Å². The van der Waals surface area contributed by atoms with Gasteiger partial charge in [-0.2, -0.15) is 0 Å². The SMILES string of the molecule is Cl.Cn1cncc1N1CCNCC1=O. The van der Waals surface area contributed by atoms with Gasteiger partial charge in [-0.3, -0.25) is 9.69 Å². The fourth-order valence-corrected chi connectivity index (χ4v) is 1.46. The van der Waals surface area contributed by atoms with Crippen LogP contribution in [0.25, 0.3) is 0 Å². The second-order valence-corrected chi connectivity index (χ2v) is 3.08. The zero-order valence-electron chi connectivity index (χ0n) is 7.93. The number of halogens is 1. The first-order chi connectivity index (χ1) is 6.29. The molecule has 0 atom stereocenters. The molecule has 1 aliphatic heterocycles. The monoisotopic (exact) mass is 216 g/mol. The van der Waals surface area contributed by atoms with Crippen LogP contribution in [0.2, 0.25) is 0 Å². The minimum Gasteiger partial charge on any atom is -0.320 e. The van der Waals surface area contributed by atoms with E-state index in [9.17, 15) is 4.79 Å². The van der Waals surface area contributed by atoms with Crippen molar-refractivity contribution in [1.29, 1.82) is 0 Å². The maximum absolute atomic E-state index is 11.5. The fraction of sp³-hybridized carbons (Fsp3) is 0.500. The molecule has 1 N–H and O–H groups in total. The number of imidazole rings is 1.